The van der Waals surface area contributed by atoms with Crippen molar-refractivity contribution in [1.29, 1.82) is 0 Å². The molecule has 3 aromatic rings. The third kappa shape index (κ3) is 4.89. The van der Waals surface area contributed by atoms with Crippen LogP contribution in [0.5, 0.6) is 0 Å². The third-order valence-electron chi connectivity index (χ3n) is 5.38. The molecule has 0 unspecified atom stereocenters. The number of pyridine rings is 1. The van der Waals surface area contributed by atoms with E-state index in [1.807, 2.05) is 25.2 Å². The molecular formula is C24H25N3O5S. The van der Waals surface area contributed by atoms with Crippen molar-refractivity contribution in [3.05, 3.63) is 57.6 Å². The number of fused-ring (bicyclic) bond motifs is 2. The number of nitrogens with one attached hydrogen (secondary N) is 1. The zero-order valence-corrected chi connectivity index (χ0v) is 19.6. The highest BCUT2D eigenvalue weighted by atomic mass is 32.1. The number of ether oxygens (including phenoxy) is 2. The van der Waals surface area contributed by atoms with Gasteiger partial charge in [0.15, 0.2) is 6.61 Å². The Morgan fingerprint density at radius 2 is 1.97 bits per heavy atom. The number of amides is 1. The minimum atomic E-state index is -0.607. The highest BCUT2D eigenvalue weighted by molar-refractivity contribution is 7.17. The summed E-state index contributed by atoms with van der Waals surface area (Å²) in [4.78, 5) is 45.5. The van der Waals surface area contributed by atoms with Crippen molar-refractivity contribution in [3.8, 4) is 0 Å². The van der Waals surface area contributed by atoms with Gasteiger partial charge < -0.3 is 19.7 Å². The van der Waals surface area contributed by atoms with Crippen molar-refractivity contribution in [1.82, 2.24) is 9.88 Å². The van der Waals surface area contributed by atoms with Crippen LogP contribution in [0.3, 0.4) is 0 Å². The van der Waals surface area contributed by atoms with Crippen LogP contribution in [0.25, 0.3) is 10.9 Å². The highest BCUT2D eigenvalue weighted by Crippen LogP contribution is 2.37. The summed E-state index contributed by atoms with van der Waals surface area (Å²) in [5, 5.41) is 3.84. The number of likely N-dealkylation sites (N-methyl/N-ethyl adjacent to an activating group) is 1. The number of hydrogen-bond acceptors (Lipinski definition) is 8. The van der Waals surface area contributed by atoms with E-state index in [9.17, 15) is 14.4 Å². The molecule has 0 bridgehead atoms. The SMILES string of the molecule is CCOC(=O)c1c(NC(=O)COC(=O)c2cc(C)nc3ccccc23)sc2c1CCN(C)C2. The average molecular weight is 468 g/mol. The van der Waals surface area contributed by atoms with Crippen LogP contribution in [0.4, 0.5) is 5.00 Å². The van der Waals surface area contributed by atoms with Gasteiger partial charge in [-0.05, 0) is 45.0 Å². The van der Waals surface area contributed by atoms with Crippen LogP contribution in [0, 0.1) is 6.92 Å². The van der Waals surface area contributed by atoms with E-state index in [1.165, 1.54) is 11.3 Å². The molecular weight excluding hydrogens is 442 g/mol. The first-order valence-corrected chi connectivity index (χ1v) is 11.5. The van der Waals surface area contributed by atoms with Crippen LogP contribution in [0.2, 0.25) is 0 Å². The lowest BCUT2D eigenvalue weighted by molar-refractivity contribution is -0.119. The minimum absolute atomic E-state index is 0.244. The topological polar surface area (TPSA) is 97.8 Å². The van der Waals surface area contributed by atoms with Gasteiger partial charge in [-0.1, -0.05) is 18.2 Å². The number of thiophene rings is 1. The number of nitrogens with zero attached hydrogens (tertiary/aromatic N) is 2. The number of para-hydroxylation sites is 1. The molecule has 0 radical (unpaired) electrons. The van der Waals surface area contributed by atoms with Gasteiger partial charge in [0.2, 0.25) is 0 Å². The summed E-state index contributed by atoms with van der Waals surface area (Å²) >= 11 is 1.36. The molecule has 1 amide bonds. The van der Waals surface area contributed by atoms with E-state index in [4.69, 9.17) is 9.47 Å². The molecule has 33 heavy (non-hydrogen) atoms. The number of benzene rings is 1. The molecule has 0 atom stereocenters. The normalized spacial score (nSPS) is 13.4. The second-order valence-electron chi connectivity index (χ2n) is 7.87. The fourth-order valence-electron chi connectivity index (χ4n) is 3.89. The van der Waals surface area contributed by atoms with Crippen molar-refractivity contribution in [2.24, 2.45) is 0 Å². The zero-order chi connectivity index (χ0) is 23.5. The van der Waals surface area contributed by atoms with E-state index >= 15 is 0 Å². The van der Waals surface area contributed by atoms with Gasteiger partial charge in [-0.15, -0.1) is 11.3 Å². The van der Waals surface area contributed by atoms with Crippen LogP contribution in [-0.2, 0) is 27.2 Å². The lowest BCUT2D eigenvalue weighted by Crippen LogP contribution is -2.26. The molecule has 1 N–H and O–H groups in total. The van der Waals surface area contributed by atoms with Crippen LogP contribution in [0.1, 0.15) is 43.8 Å². The number of aryl methyl sites for hydroxylation is 1. The average Bonchev–Trinajstić information content (AvgIpc) is 3.13. The fourth-order valence-corrected chi connectivity index (χ4v) is 5.22. The van der Waals surface area contributed by atoms with Gasteiger partial charge in [0.1, 0.15) is 5.00 Å². The summed E-state index contributed by atoms with van der Waals surface area (Å²) in [5.74, 6) is -1.58. The number of aromatic nitrogens is 1. The quantitative estimate of drug-likeness (QED) is 0.554. The number of esters is 2. The number of carbonyl (C=O) groups excluding carboxylic acids is 3. The van der Waals surface area contributed by atoms with Crippen LogP contribution < -0.4 is 5.32 Å². The number of carbonyl (C=O) groups is 3. The highest BCUT2D eigenvalue weighted by Gasteiger charge is 2.28. The lowest BCUT2D eigenvalue weighted by atomic mass is 10.0. The zero-order valence-electron chi connectivity index (χ0n) is 18.8. The molecule has 3 heterocycles. The Labute approximate surface area is 195 Å². The Kier molecular flexibility index (Phi) is 6.71. The molecule has 0 aliphatic carbocycles. The smallest absolute Gasteiger partial charge is 0.341 e. The Morgan fingerprint density at radius 1 is 1.18 bits per heavy atom. The summed E-state index contributed by atoms with van der Waals surface area (Å²) < 4.78 is 10.5. The second-order valence-corrected chi connectivity index (χ2v) is 8.97. The number of rotatable bonds is 6. The summed E-state index contributed by atoms with van der Waals surface area (Å²) in [6.07, 6.45) is 0.704. The van der Waals surface area contributed by atoms with Crippen molar-refractivity contribution in [2.75, 3.05) is 32.1 Å². The Hall–Kier alpha value is -3.30. The molecule has 0 saturated carbocycles. The van der Waals surface area contributed by atoms with Gasteiger partial charge in [-0.3, -0.25) is 9.78 Å². The molecule has 0 spiro atoms. The van der Waals surface area contributed by atoms with Gasteiger partial charge in [0, 0.05) is 29.0 Å². The third-order valence-corrected chi connectivity index (χ3v) is 6.51. The maximum atomic E-state index is 12.7. The largest absolute Gasteiger partial charge is 0.462 e. The van der Waals surface area contributed by atoms with Crippen LogP contribution >= 0.6 is 11.3 Å². The molecule has 0 fully saturated rings. The number of anilines is 1. The monoisotopic (exact) mass is 467 g/mol. The molecule has 9 heteroatoms. The first kappa shape index (κ1) is 22.9. The van der Waals surface area contributed by atoms with Crippen LogP contribution in [0.15, 0.2) is 30.3 Å². The first-order valence-electron chi connectivity index (χ1n) is 10.7. The molecule has 172 valence electrons. The lowest BCUT2D eigenvalue weighted by Gasteiger charge is -2.22. The molecule has 1 aliphatic heterocycles. The Morgan fingerprint density at radius 3 is 2.76 bits per heavy atom. The predicted molar refractivity (Wildman–Crippen MR) is 126 cm³/mol. The molecule has 8 nitrogen and oxygen atoms in total. The molecule has 1 aliphatic rings. The van der Waals surface area contributed by atoms with E-state index in [-0.39, 0.29) is 6.61 Å². The maximum Gasteiger partial charge on any atom is 0.341 e. The summed E-state index contributed by atoms with van der Waals surface area (Å²) in [7, 11) is 2.01. The summed E-state index contributed by atoms with van der Waals surface area (Å²) in [5.41, 5.74) is 3.04. The number of hydrogen-bond donors (Lipinski definition) is 1. The standard InChI is InChI=1S/C24H25N3O5S/c1-4-31-24(30)21-16-9-10-27(3)12-19(16)33-22(21)26-20(28)13-32-23(29)17-11-14(2)25-18-8-6-5-7-15(17)18/h5-8,11H,4,9-10,12-13H2,1-3H3,(H,26,28). The Balaban J connectivity index is 1.50. The Bertz CT molecular complexity index is 1240. The molecule has 4 rings (SSSR count). The molecule has 0 saturated heterocycles. The second kappa shape index (κ2) is 9.68. The van der Waals surface area contributed by atoms with Gasteiger partial charge in [0.25, 0.3) is 5.91 Å². The van der Waals surface area contributed by atoms with Crippen molar-refractivity contribution in [3.63, 3.8) is 0 Å². The van der Waals surface area contributed by atoms with Crippen molar-refractivity contribution < 1.29 is 23.9 Å². The van der Waals surface area contributed by atoms with E-state index in [1.54, 1.807) is 26.0 Å². The summed E-state index contributed by atoms with van der Waals surface area (Å²) in [6, 6.07) is 8.91. The molecule has 2 aromatic heterocycles. The maximum absolute atomic E-state index is 12.7. The van der Waals surface area contributed by atoms with Crippen molar-refractivity contribution >= 4 is 45.1 Å². The van der Waals surface area contributed by atoms with E-state index < -0.39 is 24.5 Å². The van der Waals surface area contributed by atoms with Crippen LogP contribution in [-0.4, -0.2) is 54.5 Å². The van der Waals surface area contributed by atoms with Gasteiger partial charge >= 0.3 is 11.9 Å². The molecule has 1 aromatic carbocycles. The van der Waals surface area contributed by atoms with E-state index in [0.717, 1.165) is 17.0 Å². The van der Waals surface area contributed by atoms with Gasteiger partial charge in [0.05, 0.1) is 23.3 Å². The van der Waals surface area contributed by atoms with Crippen molar-refractivity contribution in [2.45, 2.75) is 26.8 Å². The van der Waals surface area contributed by atoms with E-state index in [0.29, 0.717) is 45.7 Å². The van der Waals surface area contributed by atoms with E-state index in [2.05, 4.69) is 15.2 Å². The summed E-state index contributed by atoms with van der Waals surface area (Å²) in [6.45, 7) is 4.83. The minimum Gasteiger partial charge on any atom is -0.462 e. The fraction of sp³-hybridized carbons (Fsp3) is 0.333. The van der Waals surface area contributed by atoms with Gasteiger partial charge in [-0.25, -0.2) is 9.59 Å². The first-order chi connectivity index (χ1) is 15.9. The predicted octanol–water partition coefficient (Wildman–Crippen LogP) is 3.56. The van der Waals surface area contributed by atoms with Gasteiger partial charge in [-0.2, -0.15) is 0 Å².